The number of hydrogen-bond donors (Lipinski definition) is 17. The number of carbonyl (C=O) groups is 2. The molecular weight excluding hydrogens is 852 g/mol. The number of nitrogens with one attached hydrogen (secondary N) is 2. The molecule has 5 fully saturated rings. The predicted molar refractivity (Wildman–Crippen MR) is 190 cm³/mol. The van der Waals surface area contributed by atoms with E-state index in [1.165, 1.54) is 0 Å². The maximum absolute atomic E-state index is 12.4. The third-order valence-corrected chi connectivity index (χ3v) is 11.1. The van der Waals surface area contributed by atoms with Gasteiger partial charge in [-0.2, -0.15) is 0 Å². The third kappa shape index (κ3) is 11.0. The van der Waals surface area contributed by atoms with Gasteiger partial charge in [-0.1, -0.05) is 0 Å². The Morgan fingerprint density at radius 3 is 1.35 bits per heavy atom. The van der Waals surface area contributed by atoms with Crippen molar-refractivity contribution in [1.82, 2.24) is 10.6 Å². The molecule has 5 rings (SSSR count). The number of amides is 2. The van der Waals surface area contributed by atoms with Gasteiger partial charge in [0.15, 0.2) is 31.5 Å². The first-order valence-electron chi connectivity index (χ1n) is 19.6. The van der Waals surface area contributed by atoms with E-state index >= 15 is 0 Å². The van der Waals surface area contributed by atoms with Gasteiger partial charge in [-0.25, -0.2) is 0 Å². The summed E-state index contributed by atoms with van der Waals surface area (Å²) in [7, 11) is 0. The first-order chi connectivity index (χ1) is 29.3. The molecule has 0 aromatic carbocycles. The van der Waals surface area contributed by atoms with Gasteiger partial charge in [-0.15, -0.1) is 0 Å². The second-order valence-corrected chi connectivity index (χ2v) is 15.5. The second-order valence-electron chi connectivity index (χ2n) is 15.5. The fourth-order valence-electron chi connectivity index (χ4n) is 7.73. The molecule has 360 valence electrons. The molecule has 0 aromatic rings. The van der Waals surface area contributed by atoms with Crippen molar-refractivity contribution in [2.75, 3.05) is 33.0 Å². The van der Waals surface area contributed by atoms with Gasteiger partial charge in [0.1, 0.15) is 122 Å². The zero-order valence-corrected chi connectivity index (χ0v) is 33.2. The lowest BCUT2D eigenvalue weighted by molar-refractivity contribution is -0.384. The minimum Gasteiger partial charge on any atom is -0.394 e. The SMILES string of the molecule is CC(=O)N[C@@H]1[C@@H](O)[C@H](O[C@H]2O[C@H](CO)[C@@H](O[C@H]3O[C@H](CO[C@H]4O[C@H](CO)[C@@H](O)[C@H](O)[C@@H]4O)[C@@H](O)[C@H](O[C@@H]4O[C@H](CO)[C@@H](O)[C@H](O)[C@@H]4O)[C@@H]3O)[C@H](O)[C@H]2NC(C)=O)[C@@H](CO)O[C@@H]1O. The molecule has 5 aliphatic rings. The average molecular weight is 911 g/mol. The van der Waals surface area contributed by atoms with Crippen LogP contribution in [0.2, 0.25) is 0 Å². The molecule has 5 saturated heterocycles. The van der Waals surface area contributed by atoms with Crippen LogP contribution in [0.4, 0.5) is 0 Å². The molecule has 5 aliphatic heterocycles. The molecule has 62 heavy (non-hydrogen) atoms. The molecule has 0 aromatic heterocycles. The van der Waals surface area contributed by atoms with Gasteiger partial charge in [0, 0.05) is 13.8 Å². The Morgan fingerprint density at radius 2 is 0.823 bits per heavy atom. The molecule has 25 atom stereocenters. The van der Waals surface area contributed by atoms with Crippen LogP contribution in [0.25, 0.3) is 0 Å². The highest BCUT2D eigenvalue weighted by Gasteiger charge is 2.56. The van der Waals surface area contributed by atoms with Crippen molar-refractivity contribution in [1.29, 1.82) is 0 Å². The highest BCUT2D eigenvalue weighted by molar-refractivity contribution is 5.73. The second kappa shape index (κ2) is 22.0. The fraction of sp³-hybridized carbons (Fsp3) is 0.941. The minimum absolute atomic E-state index is 0.693. The van der Waals surface area contributed by atoms with Crippen LogP contribution in [-0.4, -0.2) is 275 Å². The van der Waals surface area contributed by atoms with Crippen LogP contribution >= 0.6 is 0 Å². The maximum Gasteiger partial charge on any atom is 0.217 e. The fourth-order valence-corrected chi connectivity index (χ4v) is 7.73. The molecule has 0 unspecified atom stereocenters. The number of aliphatic hydroxyl groups is 15. The van der Waals surface area contributed by atoms with Gasteiger partial charge in [0.25, 0.3) is 0 Å². The summed E-state index contributed by atoms with van der Waals surface area (Å²) < 4.78 is 50.8. The smallest absolute Gasteiger partial charge is 0.217 e. The summed E-state index contributed by atoms with van der Waals surface area (Å²) in [6.07, 6.45) is -42.3. The number of rotatable bonds is 15. The number of hydrogen-bond acceptors (Lipinski definition) is 26. The maximum atomic E-state index is 12.4. The van der Waals surface area contributed by atoms with Gasteiger partial charge in [0.05, 0.1) is 33.0 Å². The van der Waals surface area contributed by atoms with E-state index in [9.17, 15) is 86.2 Å². The Kier molecular flexibility index (Phi) is 18.1. The van der Waals surface area contributed by atoms with E-state index in [4.69, 9.17) is 42.6 Å². The van der Waals surface area contributed by atoms with Gasteiger partial charge < -0.3 is 130 Å². The number of ether oxygens (including phenoxy) is 9. The predicted octanol–water partition coefficient (Wildman–Crippen LogP) is -11.6. The summed E-state index contributed by atoms with van der Waals surface area (Å²) in [5.41, 5.74) is 0. The van der Waals surface area contributed by atoms with Gasteiger partial charge in [-0.3, -0.25) is 9.59 Å². The zero-order chi connectivity index (χ0) is 45.9. The topological polar surface area (TPSA) is 445 Å². The molecule has 0 saturated carbocycles. The highest BCUT2D eigenvalue weighted by atomic mass is 16.8. The first-order valence-corrected chi connectivity index (χ1v) is 19.6. The summed E-state index contributed by atoms with van der Waals surface area (Å²) in [5.74, 6) is -1.49. The lowest BCUT2D eigenvalue weighted by Crippen LogP contribution is -2.70. The summed E-state index contributed by atoms with van der Waals surface area (Å²) in [4.78, 5) is 24.2. The van der Waals surface area contributed by atoms with Gasteiger partial charge in [-0.05, 0) is 0 Å². The molecule has 0 bridgehead atoms. The van der Waals surface area contributed by atoms with Crippen LogP contribution in [0.1, 0.15) is 13.8 Å². The molecule has 28 heteroatoms. The van der Waals surface area contributed by atoms with Crippen molar-refractivity contribution in [3.8, 4) is 0 Å². The van der Waals surface area contributed by atoms with Gasteiger partial charge in [0.2, 0.25) is 11.8 Å². The van der Waals surface area contributed by atoms with E-state index < -0.39 is 198 Å². The van der Waals surface area contributed by atoms with E-state index in [0.29, 0.717) is 0 Å². The first kappa shape index (κ1) is 51.0. The van der Waals surface area contributed by atoms with Crippen LogP contribution in [0, 0.1) is 0 Å². The molecule has 28 nitrogen and oxygen atoms in total. The minimum atomic E-state index is -2.18. The Balaban J connectivity index is 1.41. The largest absolute Gasteiger partial charge is 0.394 e. The Bertz CT molecular complexity index is 1440. The Hall–Kier alpha value is -2.02. The normalized spacial score (nSPS) is 49.0. The average Bonchev–Trinajstić information content (AvgIpc) is 3.23. The highest BCUT2D eigenvalue weighted by Crippen LogP contribution is 2.35. The van der Waals surface area contributed by atoms with Crippen LogP contribution in [0.3, 0.4) is 0 Å². The standard InChI is InChI=1S/C34H58N2O26/c1-8(41)35-15-20(46)27(12(5-39)55-30(15)53)60-31-16(36-9(2)42)21(47)28(13(6-40)58-31)61-34-26(52)29(62-33-25(51)23(49)18(44)11(4-38)57-33)19(45)14(59-34)7-54-32-24(50)22(48)17(43)10(3-37)56-32/h10-34,37-40,43-53H,3-7H2,1-2H3,(H,35,41)(H,36,42)/t10-,11-,12-,13-,14-,15-,16-,17-,18-,19-,20-,21-,22+,23+,24+,25+,26+,27-,28-,29+,30+,31-,32+,33+,34-/m1/s1. The van der Waals surface area contributed by atoms with Crippen molar-refractivity contribution < 1.29 is 129 Å². The van der Waals surface area contributed by atoms with Crippen LogP contribution < -0.4 is 10.6 Å². The molecule has 0 radical (unpaired) electrons. The van der Waals surface area contributed by atoms with Gasteiger partial charge >= 0.3 is 0 Å². The van der Waals surface area contributed by atoms with Crippen molar-refractivity contribution in [2.45, 2.75) is 167 Å². The summed E-state index contributed by atoms with van der Waals surface area (Å²) >= 11 is 0. The van der Waals surface area contributed by atoms with Crippen LogP contribution in [-0.2, 0) is 52.2 Å². The van der Waals surface area contributed by atoms with Crippen molar-refractivity contribution >= 4 is 11.8 Å². The molecule has 17 N–H and O–H groups in total. The number of aliphatic hydroxyl groups excluding tert-OH is 15. The molecule has 2 amide bonds. The van der Waals surface area contributed by atoms with Crippen molar-refractivity contribution in [3.63, 3.8) is 0 Å². The van der Waals surface area contributed by atoms with E-state index in [1.807, 2.05) is 0 Å². The lowest BCUT2D eigenvalue weighted by Gasteiger charge is -2.50. The van der Waals surface area contributed by atoms with Crippen LogP contribution in [0.15, 0.2) is 0 Å². The van der Waals surface area contributed by atoms with Crippen molar-refractivity contribution in [3.05, 3.63) is 0 Å². The van der Waals surface area contributed by atoms with E-state index in [2.05, 4.69) is 10.6 Å². The summed E-state index contributed by atoms with van der Waals surface area (Å²) in [5, 5.41) is 163. The molecule has 0 aliphatic carbocycles. The molecular formula is C34H58N2O26. The molecule has 5 heterocycles. The van der Waals surface area contributed by atoms with Crippen molar-refractivity contribution in [2.24, 2.45) is 0 Å². The number of carbonyl (C=O) groups excluding carboxylic acids is 2. The lowest BCUT2D eigenvalue weighted by atomic mass is 9.94. The van der Waals surface area contributed by atoms with E-state index in [0.717, 1.165) is 13.8 Å². The molecule has 0 spiro atoms. The summed E-state index contributed by atoms with van der Waals surface area (Å²) in [6.45, 7) is -2.31. The van der Waals surface area contributed by atoms with Crippen LogP contribution in [0.5, 0.6) is 0 Å². The third-order valence-electron chi connectivity index (χ3n) is 11.1. The summed E-state index contributed by atoms with van der Waals surface area (Å²) in [6, 6.07) is -3.19. The Labute approximate surface area is 351 Å². The van der Waals surface area contributed by atoms with E-state index in [1.54, 1.807) is 0 Å². The van der Waals surface area contributed by atoms with E-state index in [-0.39, 0.29) is 0 Å². The quantitative estimate of drug-likeness (QED) is 0.0725. The Morgan fingerprint density at radius 1 is 0.419 bits per heavy atom. The monoisotopic (exact) mass is 910 g/mol. The zero-order valence-electron chi connectivity index (χ0n) is 33.2.